The fraction of sp³-hybridized carbons (Fsp3) is 0.542. The summed E-state index contributed by atoms with van der Waals surface area (Å²) < 4.78 is 5.47. The van der Waals surface area contributed by atoms with Crippen LogP contribution in [0.15, 0.2) is 28.8 Å². The minimum absolute atomic E-state index is 0.179. The number of hydrogen-bond donors (Lipinski definition) is 1. The third kappa shape index (κ3) is 4.42. The highest BCUT2D eigenvalue weighted by molar-refractivity contribution is 5.93. The smallest absolute Gasteiger partial charge is 0.274 e. The number of benzene rings is 1. The summed E-state index contributed by atoms with van der Waals surface area (Å²) in [7, 11) is 0. The van der Waals surface area contributed by atoms with Crippen LogP contribution >= 0.6 is 0 Å². The Morgan fingerprint density at radius 2 is 1.93 bits per heavy atom. The van der Waals surface area contributed by atoms with Crippen molar-refractivity contribution in [3.8, 4) is 0 Å². The number of carbonyl (C=O) groups excluding carboxylic acids is 2. The summed E-state index contributed by atoms with van der Waals surface area (Å²) >= 11 is 0. The molecule has 6 heteroatoms. The molecule has 2 heterocycles. The van der Waals surface area contributed by atoms with Crippen molar-refractivity contribution in [2.24, 2.45) is 11.3 Å². The molecule has 2 amide bonds. The highest BCUT2D eigenvalue weighted by Gasteiger charge is 2.34. The van der Waals surface area contributed by atoms with Crippen LogP contribution in [0.25, 0.3) is 0 Å². The van der Waals surface area contributed by atoms with Crippen LogP contribution in [0.3, 0.4) is 0 Å². The summed E-state index contributed by atoms with van der Waals surface area (Å²) in [6.07, 6.45) is 4.37. The molecule has 0 spiro atoms. The van der Waals surface area contributed by atoms with Crippen LogP contribution in [0.2, 0.25) is 0 Å². The molecular weight excluding hydrogens is 378 g/mol. The van der Waals surface area contributed by atoms with Crippen LogP contribution in [0.1, 0.15) is 73.0 Å². The first-order valence-electron chi connectivity index (χ1n) is 10.9. The summed E-state index contributed by atoms with van der Waals surface area (Å²) in [5, 5.41) is 7.06. The van der Waals surface area contributed by atoms with Gasteiger partial charge in [0.15, 0.2) is 5.69 Å². The minimum atomic E-state index is -0.179. The molecule has 1 aromatic carbocycles. The third-order valence-electron chi connectivity index (χ3n) is 6.50. The monoisotopic (exact) mass is 409 g/mol. The Morgan fingerprint density at radius 3 is 2.60 bits per heavy atom. The van der Waals surface area contributed by atoms with Gasteiger partial charge in [0.1, 0.15) is 5.76 Å². The van der Waals surface area contributed by atoms with E-state index < -0.39 is 0 Å². The Hall–Kier alpha value is -2.63. The molecule has 6 nitrogen and oxygen atoms in total. The number of nitrogens with zero attached hydrogens (tertiary/aromatic N) is 2. The minimum Gasteiger partial charge on any atom is -0.360 e. The molecule has 1 atom stereocenters. The maximum absolute atomic E-state index is 12.8. The first kappa shape index (κ1) is 20.6. The second-order valence-electron chi connectivity index (χ2n) is 9.66. The van der Waals surface area contributed by atoms with E-state index in [2.05, 4.69) is 31.2 Å². The number of aryl methyl sites for hydroxylation is 1. The van der Waals surface area contributed by atoms with Crippen LogP contribution in [-0.4, -0.2) is 28.4 Å². The van der Waals surface area contributed by atoms with Gasteiger partial charge in [-0.3, -0.25) is 9.59 Å². The van der Waals surface area contributed by atoms with E-state index >= 15 is 0 Å². The number of aromatic nitrogens is 1. The van der Waals surface area contributed by atoms with E-state index in [1.54, 1.807) is 0 Å². The largest absolute Gasteiger partial charge is 0.360 e. The average molecular weight is 410 g/mol. The molecular formula is C24H31N3O3. The predicted molar refractivity (Wildman–Crippen MR) is 114 cm³/mol. The molecule has 2 aromatic rings. The van der Waals surface area contributed by atoms with Crippen molar-refractivity contribution < 1.29 is 14.1 Å². The number of nitrogens with one attached hydrogen (secondary N) is 1. The number of rotatable bonds is 5. The molecule has 30 heavy (non-hydrogen) atoms. The molecule has 1 aromatic heterocycles. The van der Waals surface area contributed by atoms with Crippen LogP contribution < -0.4 is 5.32 Å². The lowest BCUT2D eigenvalue weighted by Gasteiger charge is -2.33. The van der Waals surface area contributed by atoms with Gasteiger partial charge in [0, 0.05) is 38.0 Å². The Kier molecular flexibility index (Phi) is 5.67. The highest BCUT2D eigenvalue weighted by Crippen LogP contribution is 2.38. The normalized spacial score (nSPS) is 19.1. The summed E-state index contributed by atoms with van der Waals surface area (Å²) in [6, 6.07) is 8.06. The zero-order valence-electron chi connectivity index (χ0n) is 18.2. The maximum atomic E-state index is 12.8. The van der Waals surface area contributed by atoms with Gasteiger partial charge in [0.05, 0.1) is 0 Å². The molecule has 1 aliphatic heterocycles. The molecule has 1 unspecified atom stereocenters. The van der Waals surface area contributed by atoms with Crippen molar-refractivity contribution in [3.05, 3.63) is 52.4 Å². The van der Waals surface area contributed by atoms with Crippen molar-refractivity contribution in [1.29, 1.82) is 0 Å². The van der Waals surface area contributed by atoms with Crippen molar-refractivity contribution in [2.45, 2.75) is 66.0 Å². The summed E-state index contributed by atoms with van der Waals surface area (Å²) in [6.45, 7) is 8.68. The van der Waals surface area contributed by atoms with Crippen molar-refractivity contribution in [2.75, 3.05) is 6.54 Å². The number of fused-ring (bicyclic) bond motifs is 1. The Balaban J connectivity index is 1.35. The third-order valence-corrected chi connectivity index (χ3v) is 6.50. The summed E-state index contributed by atoms with van der Waals surface area (Å²) in [4.78, 5) is 26.4. The zero-order valence-corrected chi connectivity index (χ0v) is 18.2. The number of likely N-dealkylation sites (tertiary alicyclic amines) is 1. The van der Waals surface area contributed by atoms with Gasteiger partial charge in [0.25, 0.3) is 5.91 Å². The molecule has 1 fully saturated rings. The standard InChI is InChI=1S/C24H31N3O3/c1-24(2,3)18-10-11-20-19(13-18)22(26-30-20)23(29)25-14-16-6-8-17(9-7-16)15-27-12-4-5-21(27)28/h6-9,18H,4-5,10-15H2,1-3H3,(H,25,29). The van der Waals surface area contributed by atoms with Crippen LogP contribution in [0.5, 0.6) is 0 Å². The number of hydrogen-bond acceptors (Lipinski definition) is 4. The molecule has 1 saturated heterocycles. The second kappa shape index (κ2) is 8.25. The van der Waals surface area contributed by atoms with Crippen molar-refractivity contribution in [1.82, 2.24) is 15.4 Å². The van der Waals surface area contributed by atoms with E-state index in [-0.39, 0.29) is 17.2 Å². The molecule has 4 rings (SSSR count). The van der Waals surface area contributed by atoms with E-state index in [9.17, 15) is 9.59 Å². The van der Waals surface area contributed by atoms with Gasteiger partial charge in [-0.1, -0.05) is 50.2 Å². The van der Waals surface area contributed by atoms with Crippen LogP contribution in [-0.2, 0) is 30.7 Å². The van der Waals surface area contributed by atoms with E-state index in [1.807, 2.05) is 29.2 Å². The molecule has 0 radical (unpaired) electrons. The topological polar surface area (TPSA) is 75.4 Å². The first-order chi connectivity index (χ1) is 14.3. The number of carbonyl (C=O) groups is 2. The lowest BCUT2D eigenvalue weighted by molar-refractivity contribution is -0.128. The van der Waals surface area contributed by atoms with Gasteiger partial charge >= 0.3 is 0 Å². The van der Waals surface area contributed by atoms with E-state index in [1.165, 1.54) is 0 Å². The molecule has 0 bridgehead atoms. The zero-order chi connectivity index (χ0) is 21.3. The number of amides is 2. The van der Waals surface area contributed by atoms with E-state index in [0.29, 0.717) is 31.1 Å². The quantitative estimate of drug-likeness (QED) is 0.813. The molecule has 1 aliphatic carbocycles. The van der Waals surface area contributed by atoms with E-state index in [4.69, 9.17) is 4.52 Å². The van der Waals surface area contributed by atoms with Crippen molar-refractivity contribution in [3.63, 3.8) is 0 Å². The molecule has 0 saturated carbocycles. The molecule has 2 aliphatic rings. The van der Waals surface area contributed by atoms with Crippen LogP contribution in [0.4, 0.5) is 0 Å². The highest BCUT2D eigenvalue weighted by atomic mass is 16.5. The van der Waals surface area contributed by atoms with Gasteiger partial charge < -0.3 is 14.7 Å². The fourth-order valence-electron chi connectivity index (χ4n) is 4.44. The van der Waals surface area contributed by atoms with Crippen LogP contribution in [0, 0.1) is 11.3 Å². The summed E-state index contributed by atoms with van der Waals surface area (Å²) in [5.74, 6) is 1.43. The lowest BCUT2D eigenvalue weighted by atomic mass is 9.71. The Bertz CT molecular complexity index is 924. The SMILES string of the molecule is CC(C)(C)C1CCc2onc(C(=O)NCc3ccc(CN4CCCC4=O)cc3)c2C1. The maximum Gasteiger partial charge on any atom is 0.274 e. The Labute approximate surface area is 178 Å². The molecule has 160 valence electrons. The van der Waals surface area contributed by atoms with Gasteiger partial charge in [-0.2, -0.15) is 0 Å². The van der Waals surface area contributed by atoms with Gasteiger partial charge in [-0.05, 0) is 41.7 Å². The second-order valence-corrected chi connectivity index (χ2v) is 9.66. The lowest BCUT2D eigenvalue weighted by Crippen LogP contribution is -2.29. The van der Waals surface area contributed by atoms with Gasteiger partial charge in [-0.15, -0.1) is 0 Å². The van der Waals surface area contributed by atoms with E-state index in [0.717, 1.165) is 54.7 Å². The fourth-order valence-corrected chi connectivity index (χ4v) is 4.44. The predicted octanol–water partition coefficient (Wildman–Crippen LogP) is 3.88. The van der Waals surface area contributed by atoms with Crippen molar-refractivity contribution >= 4 is 11.8 Å². The molecule has 1 N–H and O–H groups in total. The first-order valence-corrected chi connectivity index (χ1v) is 10.9. The summed E-state index contributed by atoms with van der Waals surface area (Å²) in [5.41, 5.74) is 3.74. The van der Waals surface area contributed by atoms with Gasteiger partial charge in [0.2, 0.25) is 5.91 Å². The van der Waals surface area contributed by atoms with Gasteiger partial charge in [-0.25, -0.2) is 0 Å². The Morgan fingerprint density at radius 1 is 1.20 bits per heavy atom. The average Bonchev–Trinajstić information content (AvgIpc) is 3.32.